The van der Waals surface area contributed by atoms with Crippen molar-refractivity contribution in [2.75, 3.05) is 5.32 Å². The molecule has 0 fully saturated rings. The molecule has 0 bridgehead atoms. The van der Waals surface area contributed by atoms with Gasteiger partial charge in [0, 0.05) is 26.3 Å². The van der Waals surface area contributed by atoms with Crippen molar-refractivity contribution < 1.29 is 14.3 Å². The van der Waals surface area contributed by atoms with Crippen LogP contribution in [0.1, 0.15) is 22.3 Å². The van der Waals surface area contributed by atoms with E-state index in [4.69, 9.17) is 16.3 Å². The van der Waals surface area contributed by atoms with Crippen LogP contribution in [0.2, 0.25) is 5.02 Å². The molecule has 2 N–H and O–H groups in total. The number of halogens is 2. The average Bonchev–Trinajstić information content (AvgIpc) is 2.76. The molecule has 3 rings (SSSR count). The predicted octanol–water partition coefficient (Wildman–Crippen LogP) is 5.39. The van der Waals surface area contributed by atoms with Gasteiger partial charge in [-0.25, -0.2) is 5.43 Å². The molecule has 0 saturated carbocycles. The Morgan fingerprint density at radius 1 is 1.03 bits per heavy atom. The lowest BCUT2D eigenvalue weighted by molar-refractivity contribution is -0.136. The Hall–Kier alpha value is -3.16. The molecule has 0 radical (unpaired) electrons. The summed E-state index contributed by atoms with van der Waals surface area (Å²) in [4.78, 5) is 24.4. The molecule has 0 unspecified atom stereocenters. The Morgan fingerprint density at radius 2 is 1.75 bits per heavy atom. The molecule has 0 heterocycles. The van der Waals surface area contributed by atoms with E-state index in [1.807, 2.05) is 56.3 Å². The number of anilines is 1. The Kier molecular flexibility index (Phi) is 8.03. The van der Waals surface area contributed by atoms with Crippen LogP contribution in [-0.4, -0.2) is 18.0 Å². The van der Waals surface area contributed by atoms with E-state index < -0.39 is 11.8 Å². The highest BCUT2D eigenvalue weighted by Crippen LogP contribution is 2.24. The zero-order chi connectivity index (χ0) is 23.1. The van der Waals surface area contributed by atoms with Crippen LogP contribution >= 0.6 is 27.5 Å². The second-order valence-corrected chi connectivity index (χ2v) is 8.31. The molecule has 3 aromatic rings. The van der Waals surface area contributed by atoms with Crippen molar-refractivity contribution in [1.29, 1.82) is 0 Å². The van der Waals surface area contributed by atoms with Gasteiger partial charge in [-0.05, 0) is 49.2 Å². The van der Waals surface area contributed by atoms with Gasteiger partial charge in [0.25, 0.3) is 0 Å². The number of aryl methyl sites for hydroxylation is 2. The number of hydrogen-bond donors (Lipinski definition) is 2. The van der Waals surface area contributed by atoms with Crippen LogP contribution in [0, 0.1) is 13.8 Å². The molecular formula is C24H21BrClN3O3. The highest BCUT2D eigenvalue weighted by molar-refractivity contribution is 9.10. The molecule has 0 aliphatic carbocycles. The minimum atomic E-state index is -0.877. The first kappa shape index (κ1) is 23.5. The zero-order valence-corrected chi connectivity index (χ0v) is 19.8. The number of carbonyl (C=O) groups is 2. The van der Waals surface area contributed by atoms with Crippen LogP contribution in [0.3, 0.4) is 0 Å². The van der Waals surface area contributed by atoms with Gasteiger partial charge in [-0.2, -0.15) is 5.10 Å². The number of ether oxygens (including phenoxy) is 1. The van der Waals surface area contributed by atoms with Gasteiger partial charge >= 0.3 is 11.8 Å². The SMILES string of the molecule is Cc1cccc(C)c1NC(=O)C(=O)N/N=C\c1cc(Br)ccc1OCc1ccccc1Cl. The van der Waals surface area contributed by atoms with Gasteiger partial charge in [0.2, 0.25) is 0 Å². The Bertz CT molecular complexity index is 1160. The van der Waals surface area contributed by atoms with Gasteiger partial charge < -0.3 is 10.1 Å². The molecule has 8 heteroatoms. The van der Waals surface area contributed by atoms with E-state index in [0.29, 0.717) is 22.0 Å². The summed E-state index contributed by atoms with van der Waals surface area (Å²) >= 11 is 9.59. The van der Waals surface area contributed by atoms with Gasteiger partial charge in [0.1, 0.15) is 12.4 Å². The predicted molar refractivity (Wildman–Crippen MR) is 130 cm³/mol. The summed E-state index contributed by atoms with van der Waals surface area (Å²) in [6.07, 6.45) is 1.41. The van der Waals surface area contributed by atoms with E-state index in [-0.39, 0.29) is 6.61 Å². The Balaban J connectivity index is 1.65. The van der Waals surface area contributed by atoms with E-state index in [2.05, 4.69) is 31.8 Å². The molecule has 32 heavy (non-hydrogen) atoms. The molecule has 0 aliphatic rings. The molecule has 2 amide bonds. The minimum Gasteiger partial charge on any atom is -0.488 e. The second-order valence-electron chi connectivity index (χ2n) is 6.98. The smallest absolute Gasteiger partial charge is 0.329 e. The summed E-state index contributed by atoms with van der Waals surface area (Å²) in [6.45, 7) is 3.98. The summed E-state index contributed by atoms with van der Waals surface area (Å²) in [6, 6.07) is 18.4. The number of para-hydroxylation sites is 1. The molecule has 164 valence electrons. The lowest BCUT2D eigenvalue weighted by atomic mass is 10.1. The maximum absolute atomic E-state index is 12.2. The fraction of sp³-hybridized carbons (Fsp3) is 0.125. The summed E-state index contributed by atoms with van der Waals surface area (Å²) in [5, 5.41) is 7.15. The van der Waals surface area contributed by atoms with Crippen molar-refractivity contribution in [3.63, 3.8) is 0 Å². The van der Waals surface area contributed by atoms with Crippen LogP contribution in [0.4, 0.5) is 5.69 Å². The maximum Gasteiger partial charge on any atom is 0.329 e. The third kappa shape index (κ3) is 6.18. The number of hydrazone groups is 1. The lowest BCUT2D eigenvalue weighted by Crippen LogP contribution is -2.32. The molecular weight excluding hydrogens is 494 g/mol. The van der Waals surface area contributed by atoms with Crippen molar-refractivity contribution in [2.24, 2.45) is 5.10 Å². The van der Waals surface area contributed by atoms with E-state index >= 15 is 0 Å². The normalized spacial score (nSPS) is 10.8. The molecule has 6 nitrogen and oxygen atoms in total. The second kappa shape index (κ2) is 10.9. The number of amides is 2. The molecule has 0 spiro atoms. The van der Waals surface area contributed by atoms with E-state index in [1.54, 1.807) is 18.2 Å². The molecule has 3 aromatic carbocycles. The zero-order valence-electron chi connectivity index (χ0n) is 17.5. The van der Waals surface area contributed by atoms with Crippen molar-refractivity contribution in [3.05, 3.63) is 92.4 Å². The van der Waals surface area contributed by atoms with Gasteiger partial charge in [-0.3, -0.25) is 9.59 Å². The highest BCUT2D eigenvalue weighted by Gasteiger charge is 2.15. The highest BCUT2D eigenvalue weighted by atomic mass is 79.9. The average molecular weight is 515 g/mol. The summed E-state index contributed by atoms with van der Waals surface area (Å²) in [5.41, 5.74) is 6.04. The third-order valence-corrected chi connectivity index (χ3v) is 5.47. The fourth-order valence-corrected chi connectivity index (χ4v) is 3.48. The fourth-order valence-electron chi connectivity index (χ4n) is 2.92. The first-order valence-electron chi connectivity index (χ1n) is 9.71. The van der Waals surface area contributed by atoms with Crippen LogP contribution in [0.5, 0.6) is 5.75 Å². The first-order chi connectivity index (χ1) is 15.3. The largest absolute Gasteiger partial charge is 0.488 e. The summed E-state index contributed by atoms with van der Waals surface area (Å²) in [7, 11) is 0. The third-order valence-electron chi connectivity index (χ3n) is 4.61. The van der Waals surface area contributed by atoms with E-state index in [1.165, 1.54) is 6.21 Å². The molecule has 0 aliphatic heterocycles. The van der Waals surface area contributed by atoms with Crippen LogP contribution < -0.4 is 15.5 Å². The van der Waals surface area contributed by atoms with Gasteiger partial charge in [0.15, 0.2) is 0 Å². The minimum absolute atomic E-state index is 0.271. The van der Waals surface area contributed by atoms with Gasteiger partial charge in [-0.1, -0.05) is 63.9 Å². The molecule has 0 saturated heterocycles. The number of hydrogen-bond acceptors (Lipinski definition) is 4. The maximum atomic E-state index is 12.2. The topological polar surface area (TPSA) is 79.8 Å². The van der Waals surface area contributed by atoms with Crippen molar-refractivity contribution >= 4 is 51.2 Å². The van der Waals surface area contributed by atoms with Crippen LogP contribution in [-0.2, 0) is 16.2 Å². The Labute approximate surface area is 199 Å². The molecule has 0 aromatic heterocycles. The van der Waals surface area contributed by atoms with Gasteiger partial charge in [0.05, 0.1) is 6.21 Å². The summed E-state index contributed by atoms with van der Waals surface area (Å²) in [5.74, 6) is -1.13. The van der Waals surface area contributed by atoms with Crippen molar-refractivity contribution in [1.82, 2.24) is 5.43 Å². The quantitative estimate of drug-likeness (QED) is 0.263. The van der Waals surface area contributed by atoms with Crippen molar-refractivity contribution in [3.8, 4) is 5.75 Å². The summed E-state index contributed by atoms with van der Waals surface area (Å²) < 4.78 is 6.69. The standard InChI is InChI=1S/C24H21BrClN3O3/c1-15-6-5-7-16(2)22(15)28-23(30)24(31)29-27-13-18-12-19(25)10-11-21(18)32-14-17-8-3-4-9-20(17)26/h3-13H,14H2,1-2H3,(H,28,30)(H,29,31)/b27-13-. The Morgan fingerprint density at radius 3 is 2.47 bits per heavy atom. The van der Waals surface area contributed by atoms with Gasteiger partial charge in [-0.15, -0.1) is 0 Å². The number of nitrogens with one attached hydrogen (secondary N) is 2. The number of rotatable bonds is 6. The first-order valence-corrected chi connectivity index (χ1v) is 10.9. The number of nitrogens with zero attached hydrogens (tertiary/aromatic N) is 1. The van der Waals surface area contributed by atoms with E-state index in [9.17, 15) is 9.59 Å². The lowest BCUT2D eigenvalue weighted by Gasteiger charge is -2.11. The van der Waals surface area contributed by atoms with Crippen LogP contribution in [0.15, 0.2) is 70.2 Å². The number of benzene rings is 3. The van der Waals surface area contributed by atoms with Crippen LogP contribution in [0.25, 0.3) is 0 Å². The van der Waals surface area contributed by atoms with E-state index in [0.717, 1.165) is 21.2 Å². The van der Waals surface area contributed by atoms with Crippen molar-refractivity contribution in [2.45, 2.75) is 20.5 Å². The molecule has 0 atom stereocenters. The monoisotopic (exact) mass is 513 g/mol. The number of carbonyl (C=O) groups excluding carboxylic acids is 2.